The molecule has 1 atom stereocenters. The third-order valence-electron chi connectivity index (χ3n) is 4.16. The Hall–Kier alpha value is -3.51. The number of amides is 3. The van der Waals surface area contributed by atoms with Gasteiger partial charge in [0.15, 0.2) is 6.04 Å². The second kappa shape index (κ2) is 8.70. The van der Waals surface area contributed by atoms with Crippen molar-refractivity contribution >= 4 is 50.6 Å². The summed E-state index contributed by atoms with van der Waals surface area (Å²) in [7, 11) is -2.92. The molecule has 13 heteroatoms. The molecular weight excluding hydrogens is 448 g/mol. The summed E-state index contributed by atoms with van der Waals surface area (Å²) in [5.41, 5.74) is 0.828. The number of anilines is 1. The van der Waals surface area contributed by atoms with Gasteiger partial charge in [-0.15, -0.1) is 0 Å². The third-order valence-corrected chi connectivity index (χ3v) is 5.74. The van der Waals surface area contributed by atoms with Crippen molar-refractivity contribution in [2.75, 3.05) is 12.1 Å². The third kappa shape index (κ3) is 4.81. The fourth-order valence-corrected chi connectivity index (χ4v) is 3.67. The number of phenols is 1. The summed E-state index contributed by atoms with van der Waals surface area (Å²) in [5.74, 6) is -0.949. The zero-order valence-electron chi connectivity index (χ0n) is 16.3. The molecule has 3 N–H and O–H groups in total. The SMILES string of the molecule is CNC(=O)NS(=O)(=O)c1ccc(N=NC2C(=O)N(c3ccc(Cl)cc3)N=C2C)c(O)c1. The monoisotopic (exact) mass is 464 g/mol. The highest BCUT2D eigenvalue weighted by molar-refractivity contribution is 7.90. The molecule has 1 aliphatic heterocycles. The maximum absolute atomic E-state index is 12.7. The fraction of sp³-hybridized carbons (Fsp3) is 0.167. The lowest BCUT2D eigenvalue weighted by atomic mass is 10.2. The predicted molar refractivity (Wildman–Crippen MR) is 113 cm³/mol. The zero-order valence-corrected chi connectivity index (χ0v) is 17.8. The Bertz CT molecular complexity index is 1200. The lowest BCUT2D eigenvalue weighted by Crippen LogP contribution is -2.37. The fourth-order valence-electron chi connectivity index (χ4n) is 2.56. The van der Waals surface area contributed by atoms with Gasteiger partial charge in [-0.1, -0.05) is 11.6 Å². The quantitative estimate of drug-likeness (QED) is 0.580. The van der Waals surface area contributed by atoms with Crippen molar-refractivity contribution < 1.29 is 23.1 Å². The highest BCUT2D eigenvalue weighted by Gasteiger charge is 2.34. The highest BCUT2D eigenvalue weighted by Crippen LogP contribution is 2.30. The van der Waals surface area contributed by atoms with E-state index < -0.39 is 33.8 Å². The number of nitrogens with one attached hydrogen (secondary N) is 2. The van der Waals surface area contributed by atoms with Crippen molar-refractivity contribution in [2.24, 2.45) is 15.3 Å². The van der Waals surface area contributed by atoms with Crippen LogP contribution in [0.1, 0.15) is 6.92 Å². The van der Waals surface area contributed by atoms with Gasteiger partial charge in [-0.25, -0.2) is 17.9 Å². The Labute approximate surface area is 182 Å². The van der Waals surface area contributed by atoms with Crippen LogP contribution in [-0.2, 0) is 14.8 Å². The van der Waals surface area contributed by atoms with Crippen LogP contribution >= 0.6 is 11.6 Å². The lowest BCUT2D eigenvalue weighted by Gasteiger charge is -2.12. The number of hydrogen-bond donors (Lipinski definition) is 3. The number of carbonyl (C=O) groups is 2. The van der Waals surface area contributed by atoms with Crippen molar-refractivity contribution in [2.45, 2.75) is 17.9 Å². The summed E-state index contributed by atoms with van der Waals surface area (Å²) in [4.78, 5) is 23.6. The normalized spacial score (nSPS) is 16.5. The van der Waals surface area contributed by atoms with Crippen LogP contribution < -0.4 is 15.0 Å². The van der Waals surface area contributed by atoms with Gasteiger partial charge in [-0.3, -0.25) is 4.79 Å². The topological polar surface area (TPSA) is 153 Å². The number of azo groups is 1. The number of urea groups is 1. The largest absolute Gasteiger partial charge is 0.506 e. The Kier molecular flexibility index (Phi) is 6.22. The van der Waals surface area contributed by atoms with Gasteiger partial charge in [0.05, 0.1) is 16.3 Å². The van der Waals surface area contributed by atoms with E-state index in [9.17, 15) is 23.1 Å². The Morgan fingerprint density at radius 2 is 1.90 bits per heavy atom. The van der Waals surface area contributed by atoms with E-state index >= 15 is 0 Å². The zero-order chi connectivity index (χ0) is 22.8. The predicted octanol–water partition coefficient (Wildman–Crippen LogP) is 2.54. The van der Waals surface area contributed by atoms with E-state index in [2.05, 4.69) is 20.6 Å². The van der Waals surface area contributed by atoms with E-state index in [4.69, 9.17) is 11.6 Å². The summed E-state index contributed by atoms with van der Waals surface area (Å²) in [5, 5.41) is 25.9. The molecule has 1 unspecified atom stereocenters. The van der Waals surface area contributed by atoms with Gasteiger partial charge in [-0.05, 0) is 43.3 Å². The number of hydrazone groups is 1. The summed E-state index contributed by atoms with van der Waals surface area (Å²) in [6.45, 7) is 1.61. The summed E-state index contributed by atoms with van der Waals surface area (Å²) < 4.78 is 26.0. The van der Waals surface area contributed by atoms with E-state index in [0.29, 0.717) is 16.4 Å². The van der Waals surface area contributed by atoms with Gasteiger partial charge >= 0.3 is 6.03 Å². The molecule has 0 saturated heterocycles. The van der Waals surface area contributed by atoms with Crippen LogP contribution in [0.2, 0.25) is 5.02 Å². The van der Waals surface area contributed by atoms with E-state index in [-0.39, 0.29) is 10.6 Å². The van der Waals surface area contributed by atoms with Crippen molar-refractivity contribution in [1.82, 2.24) is 10.0 Å². The van der Waals surface area contributed by atoms with Crippen molar-refractivity contribution in [3.05, 3.63) is 47.5 Å². The molecule has 3 amide bonds. The molecule has 2 aromatic rings. The van der Waals surface area contributed by atoms with Crippen LogP contribution in [0.3, 0.4) is 0 Å². The summed E-state index contributed by atoms with van der Waals surface area (Å²) >= 11 is 5.86. The van der Waals surface area contributed by atoms with Gasteiger partial charge in [0, 0.05) is 18.1 Å². The second-order valence-corrected chi connectivity index (χ2v) is 8.44. The molecule has 1 heterocycles. The average Bonchev–Trinajstić information content (AvgIpc) is 3.01. The number of halogens is 1. The molecule has 0 spiro atoms. The van der Waals surface area contributed by atoms with Crippen LogP contribution in [-0.4, -0.2) is 44.3 Å². The molecule has 1 aliphatic rings. The van der Waals surface area contributed by atoms with E-state index in [0.717, 1.165) is 12.1 Å². The van der Waals surface area contributed by atoms with Crippen molar-refractivity contribution in [3.8, 4) is 5.75 Å². The molecule has 0 aliphatic carbocycles. The van der Waals surface area contributed by atoms with E-state index in [1.54, 1.807) is 35.9 Å². The molecule has 3 rings (SSSR count). The molecule has 0 aromatic heterocycles. The summed E-state index contributed by atoms with van der Waals surface area (Å²) in [6.07, 6.45) is 0. The standard InChI is InChI=1S/C18H17ClN6O5S/c1-10-16(17(27)25(23-10)12-5-3-11(19)4-6-12)22-21-14-8-7-13(9-15(14)26)31(29,30)24-18(28)20-2/h3-9,16,26H,1-2H3,(H2,20,24,28). The minimum Gasteiger partial charge on any atom is -0.506 e. The second-order valence-electron chi connectivity index (χ2n) is 6.32. The van der Waals surface area contributed by atoms with Gasteiger partial charge in [0.1, 0.15) is 11.4 Å². The number of carbonyl (C=O) groups excluding carboxylic acids is 2. The lowest BCUT2D eigenvalue weighted by molar-refractivity contribution is -0.117. The van der Waals surface area contributed by atoms with Crippen LogP contribution in [0.4, 0.5) is 16.2 Å². The number of nitrogens with zero attached hydrogens (tertiary/aromatic N) is 4. The first kappa shape index (κ1) is 22.2. The molecule has 31 heavy (non-hydrogen) atoms. The van der Waals surface area contributed by atoms with Gasteiger partial charge in [0.2, 0.25) is 0 Å². The van der Waals surface area contributed by atoms with Crippen LogP contribution in [0.15, 0.2) is 62.7 Å². The smallest absolute Gasteiger partial charge is 0.328 e. The first-order valence-electron chi connectivity index (χ1n) is 8.75. The molecule has 0 saturated carbocycles. The minimum absolute atomic E-state index is 0.0653. The number of hydrogen-bond acceptors (Lipinski definition) is 8. The molecule has 0 fully saturated rings. The number of sulfonamides is 1. The first-order chi connectivity index (χ1) is 14.6. The number of phenolic OH excluding ortho intramolecular Hbond substituents is 1. The van der Waals surface area contributed by atoms with Crippen molar-refractivity contribution in [3.63, 3.8) is 0 Å². The molecule has 162 valence electrons. The Morgan fingerprint density at radius 1 is 1.23 bits per heavy atom. The van der Waals surface area contributed by atoms with E-state index in [1.807, 2.05) is 0 Å². The van der Waals surface area contributed by atoms with Crippen LogP contribution in [0.5, 0.6) is 5.75 Å². The molecule has 2 aromatic carbocycles. The van der Waals surface area contributed by atoms with E-state index in [1.165, 1.54) is 18.1 Å². The maximum Gasteiger partial charge on any atom is 0.328 e. The Morgan fingerprint density at radius 3 is 2.52 bits per heavy atom. The number of rotatable bonds is 5. The molecule has 11 nitrogen and oxygen atoms in total. The van der Waals surface area contributed by atoms with Crippen LogP contribution in [0, 0.1) is 0 Å². The minimum atomic E-state index is -4.18. The van der Waals surface area contributed by atoms with Gasteiger partial charge < -0.3 is 10.4 Å². The van der Waals surface area contributed by atoms with Crippen molar-refractivity contribution in [1.29, 1.82) is 0 Å². The Balaban J connectivity index is 1.79. The molecule has 0 bridgehead atoms. The number of aromatic hydroxyl groups is 1. The van der Waals surface area contributed by atoms with Crippen LogP contribution in [0.25, 0.3) is 0 Å². The maximum atomic E-state index is 12.7. The number of benzene rings is 2. The van der Waals surface area contributed by atoms with Gasteiger partial charge in [-0.2, -0.15) is 20.3 Å². The molecule has 0 radical (unpaired) electrons. The highest BCUT2D eigenvalue weighted by atomic mass is 35.5. The summed E-state index contributed by atoms with van der Waals surface area (Å²) in [6, 6.07) is 7.82. The molecular formula is C18H17ClN6O5S. The average molecular weight is 465 g/mol. The van der Waals surface area contributed by atoms with Gasteiger partial charge in [0.25, 0.3) is 15.9 Å². The first-order valence-corrected chi connectivity index (χ1v) is 10.6.